The van der Waals surface area contributed by atoms with Gasteiger partial charge in [0.2, 0.25) is 0 Å². The molecule has 4 heteroatoms. The van der Waals surface area contributed by atoms with E-state index in [4.69, 9.17) is 9.47 Å². The molecule has 1 unspecified atom stereocenters. The van der Waals surface area contributed by atoms with Crippen molar-refractivity contribution in [3.05, 3.63) is 0 Å². The molecule has 0 saturated heterocycles. The first kappa shape index (κ1) is 30.9. The van der Waals surface area contributed by atoms with E-state index >= 15 is 0 Å². The average Bonchev–Trinajstić information content (AvgIpc) is 2.80. The maximum absolute atomic E-state index is 11.9. The van der Waals surface area contributed by atoms with Crippen LogP contribution in [-0.4, -0.2) is 25.2 Å². The van der Waals surface area contributed by atoms with Gasteiger partial charge in [-0.2, -0.15) is 0 Å². The second-order valence-corrected chi connectivity index (χ2v) is 9.34. The Morgan fingerprint density at radius 3 is 1.41 bits per heavy atom. The molecule has 0 aromatic rings. The highest BCUT2D eigenvalue weighted by molar-refractivity contribution is 5.72. The molecule has 190 valence electrons. The van der Waals surface area contributed by atoms with Crippen molar-refractivity contribution in [2.75, 3.05) is 13.2 Å². The molecule has 0 bridgehead atoms. The van der Waals surface area contributed by atoms with Gasteiger partial charge < -0.3 is 9.47 Å². The van der Waals surface area contributed by atoms with E-state index in [2.05, 4.69) is 6.92 Å². The zero-order chi connectivity index (χ0) is 23.7. The third kappa shape index (κ3) is 20.8. The molecule has 0 aliphatic heterocycles. The number of hydrogen-bond acceptors (Lipinski definition) is 4. The summed E-state index contributed by atoms with van der Waals surface area (Å²) in [5, 5.41) is 0. The van der Waals surface area contributed by atoms with Crippen molar-refractivity contribution in [1.29, 1.82) is 0 Å². The van der Waals surface area contributed by atoms with Crippen molar-refractivity contribution in [3.8, 4) is 0 Å². The molecule has 0 saturated carbocycles. The first-order chi connectivity index (χ1) is 15.7. The number of rotatable bonds is 24. The molecule has 1 atom stereocenters. The lowest BCUT2D eigenvalue weighted by atomic mass is 9.97. The Bertz CT molecular complexity index is 422. The quantitative estimate of drug-likeness (QED) is 0.108. The number of hydrogen-bond donors (Lipinski definition) is 0. The van der Waals surface area contributed by atoms with E-state index in [0.29, 0.717) is 19.6 Å². The number of carbonyl (C=O) groups is 2. The molecule has 0 spiro atoms. The van der Waals surface area contributed by atoms with Gasteiger partial charge in [0.25, 0.3) is 0 Å². The van der Waals surface area contributed by atoms with Crippen LogP contribution in [0.25, 0.3) is 0 Å². The van der Waals surface area contributed by atoms with E-state index in [-0.39, 0.29) is 17.9 Å². The molecule has 0 fully saturated rings. The van der Waals surface area contributed by atoms with Gasteiger partial charge in [-0.15, -0.1) is 0 Å². The minimum atomic E-state index is -0.0265. The minimum Gasteiger partial charge on any atom is -0.466 e. The summed E-state index contributed by atoms with van der Waals surface area (Å²) in [5.74, 6) is 0.0935. The topological polar surface area (TPSA) is 52.6 Å². The maximum Gasteiger partial charge on any atom is 0.308 e. The first-order valence-corrected chi connectivity index (χ1v) is 14.0. The lowest BCUT2D eigenvalue weighted by molar-refractivity contribution is -0.149. The summed E-state index contributed by atoms with van der Waals surface area (Å²) in [4.78, 5) is 23.3. The third-order valence-electron chi connectivity index (χ3n) is 6.18. The summed E-state index contributed by atoms with van der Waals surface area (Å²) in [6.45, 7) is 7.28. The monoisotopic (exact) mass is 454 g/mol. The predicted octanol–water partition coefficient (Wildman–Crippen LogP) is 8.55. The lowest BCUT2D eigenvalue weighted by Gasteiger charge is -2.13. The fraction of sp³-hybridized carbons (Fsp3) is 0.929. The van der Waals surface area contributed by atoms with Crippen LogP contribution < -0.4 is 0 Å². The Balaban J connectivity index is 3.28. The van der Waals surface area contributed by atoms with Gasteiger partial charge in [0, 0.05) is 6.42 Å². The highest BCUT2D eigenvalue weighted by atomic mass is 16.5. The van der Waals surface area contributed by atoms with E-state index in [1.54, 1.807) is 0 Å². The first-order valence-electron chi connectivity index (χ1n) is 14.0. The van der Waals surface area contributed by atoms with Crippen molar-refractivity contribution in [1.82, 2.24) is 0 Å². The Labute approximate surface area is 199 Å². The standard InChI is InChI=1S/C28H54O4/c1-4-24-31-27(29)23-21-19-17-15-13-11-9-7-8-10-12-14-16-18-20-22-26(6-3)28(30)32-25-5-2/h26H,4-25H2,1-3H3. The number of ether oxygens (including phenoxy) is 2. The van der Waals surface area contributed by atoms with Crippen molar-refractivity contribution in [2.24, 2.45) is 5.92 Å². The van der Waals surface area contributed by atoms with Crippen molar-refractivity contribution in [2.45, 2.75) is 149 Å². The molecular weight excluding hydrogens is 400 g/mol. The van der Waals surface area contributed by atoms with Gasteiger partial charge >= 0.3 is 11.9 Å². The highest BCUT2D eigenvalue weighted by Gasteiger charge is 2.16. The van der Waals surface area contributed by atoms with Crippen molar-refractivity contribution >= 4 is 11.9 Å². The summed E-state index contributed by atoms with van der Waals surface area (Å²) in [6.07, 6.45) is 23.6. The molecule has 0 aromatic heterocycles. The summed E-state index contributed by atoms with van der Waals surface area (Å²) in [6, 6.07) is 0. The van der Waals surface area contributed by atoms with Crippen molar-refractivity contribution in [3.63, 3.8) is 0 Å². The number of esters is 2. The molecule has 0 aliphatic rings. The van der Waals surface area contributed by atoms with E-state index in [1.165, 1.54) is 77.0 Å². The van der Waals surface area contributed by atoms with Gasteiger partial charge in [-0.1, -0.05) is 111 Å². The summed E-state index contributed by atoms with van der Waals surface area (Å²) in [5.41, 5.74) is 0. The summed E-state index contributed by atoms with van der Waals surface area (Å²) < 4.78 is 10.4. The van der Waals surface area contributed by atoms with E-state index in [9.17, 15) is 9.59 Å². The molecule has 0 amide bonds. The van der Waals surface area contributed by atoms with Crippen molar-refractivity contribution < 1.29 is 19.1 Å². The normalized spacial score (nSPS) is 12.0. The van der Waals surface area contributed by atoms with Crippen LogP contribution in [0.2, 0.25) is 0 Å². The Hall–Kier alpha value is -1.06. The van der Waals surface area contributed by atoms with Crippen LogP contribution in [0.3, 0.4) is 0 Å². The van der Waals surface area contributed by atoms with E-state index in [0.717, 1.165) is 44.9 Å². The van der Waals surface area contributed by atoms with Crippen LogP contribution >= 0.6 is 0 Å². The number of carbonyl (C=O) groups excluding carboxylic acids is 2. The third-order valence-corrected chi connectivity index (χ3v) is 6.18. The van der Waals surface area contributed by atoms with Crippen LogP contribution in [0, 0.1) is 5.92 Å². The molecule has 32 heavy (non-hydrogen) atoms. The van der Waals surface area contributed by atoms with E-state index < -0.39 is 0 Å². The van der Waals surface area contributed by atoms with Crippen LogP contribution in [0.5, 0.6) is 0 Å². The molecule has 0 aromatic carbocycles. The molecule has 0 N–H and O–H groups in total. The largest absolute Gasteiger partial charge is 0.466 e. The Morgan fingerprint density at radius 2 is 0.969 bits per heavy atom. The average molecular weight is 455 g/mol. The number of unbranched alkanes of at least 4 members (excludes halogenated alkanes) is 14. The van der Waals surface area contributed by atoms with Crippen LogP contribution in [0.4, 0.5) is 0 Å². The van der Waals surface area contributed by atoms with Gasteiger partial charge in [0.1, 0.15) is 0 Å². The highest BCUT2D eigenvalue weighted by Crippen LogP contribution is 2.18. The Kier molecular flexibility index (Phi) is 23.8. The fourth-order valence-electron chi connectivity index (χ4n) is 4.06. The smallest absolute Gasteiger partial charge is 0.308 e. The minimum absolute atomic E-state index is 0.0127. The predicted molar refractivity (Wildman–Crippen MR) is 135 cm³/mol. The fourth-order valence-corrected chi connectivity index (χ4v) is 4.06. The van der Waals surface area contributed by atoms with Crippen LogP contribution in [0.15, 0.2) is 0 Å². The molecule has 0 heterocycles. The van der Waals surface area contributed by atoms with Crippen LogP contribution in [-0.2, 0) is 19.1 Å². The van der Waals surface area contributed by atoms with Gasteiger partial charge in [0.15, 0.2) is 0 Å². The zero-order valence-electron chi connectivity index (χ0n) is 21.8. The maximum atomic E-state index is 11.9. The Morgan fingerprint density at radius 1 is 0.562 bits per heavy atom. The molecule has 0 rings (SSSR count). The lowest BCUT2D eigenvalue weighted by Crippen LogP contribution is -2.17. The van der Waals surface area contributed by atoms with Gasteiger partial charge in [-0.05, 0) is 32.1 Å². The van der Waals surface area contributed by atoms with Gasteiger partial charge in [-0.25, -0.2) is 0 Å². The van der Waals surface area contributed by atoms with Gasteiger partial charge in [-0.3, -0.25) is 9.59 Å². The second-order valence-electron chi connectivity index (χ2n) is 9.34. The summed E-state index contributed by atoms with van der Waals surface area (Å²) in [7, 11) is 0. The molecule has 0 aliphatic carbocycles. The molecule has 4 nitrogen and oxygen atoms in total. The SMILES string of the molecule is CCCOC(=O)CCCCCCCCCCCCCCCCCC(CC)C(=O)OCCC. The summed E-state index contributed by atoms with van der Waals surface area (Å²) >= 11 is 0. The van der Waals surface area contributed by atoms with Gasteiger partial charge in [0.05, 0.1) is 19.1 Å². The van der Waals surface area contributed by atoms with Crippen LogP contribution in [0.1, 0.15) is 149 Å². The zero-order valence-corrected chi connectivity index (χ0v) is 21.8. The molecule has 0 radical (unpaired) electrons. The second kappa shape index (κ2) is 24.6. The van der Waals surface area contributed by atoms with E-state index in [1.807, 2.05) is 13.8 Å². The molecular formula is C28H54O4.